The van der Waals surface area contributed by atoms with Crippen LogP contribution in [0.5, 0.6) is 5.75 Å². The molecule has 1 aliphatic rings. The number of thiocarbonyl (C=S) groups is 1. The summed E-state index contributed by atoms with van der Waals surface area (Å²) in [7, 11) is 0. The molecule has 1 aliphatic carbocycles. The highest BCUT2D eigenvalue weighted by molar-refractivity contribution is 7.80. The van der Waals surface area contributed by atoms with E-state index in [1.165, 1.54) is 19.3 Å². The van der Waals surface area contributed by atoms with Crippen LogP contribution in [0.1, 0.15) is 59.7 Å². The third-order valence-electron chi connectivity index (χ3n) is 4.98. The number of ether oxygens (including phenoxy) is 1. The van der Waals surface area contributed by atoms with Crippen molar-refractivity contribution in [2.45, 2.75) is 45.1 Å². The standard InChI is InChI=1S/C23H27N3O3S/c1-2-29-20-10-6-7-17(15-20)22(28)26-23(30)25-19-13-11-16(12-14-19)21(27)24-18-8-4-3-5-9-18/h6-7,10-15,18H,2-5,8-9H2,1H3,(H,24,27)(H2,25,26,28,30). The number of nitrogens with one attached hydrogen (secondary N) is 3. The Labute approximate surface area is 182 Å². The highest BCUT2D eigenvalue weighted by atomic mass is 32.1. The van der Waals surface area contributed by atoms with Gasteiger partial charge in [-0.3, -0.25) is 14.9 Å². The van der Waals surface area contributed by atoms with E-state index < -0.39 is 0 Å². The van der Waals surface area contributed by atoms with E-state index in [2.05, 4.69) is 16.0 Å². The number of carbonyl (C=O) groups is 2. The maximum atomic E-state index is 12.4. The maximum absolute atomic E-state index is 12.4. The van der Waals surface area contributed by atoms with Crippen LogP contribution >= 0.6 is 12.2 Å². The van der Waals surface area contributed by atoms with Crippen molar-refractivity contribution in [1.29, 1.82) is 0 Å². The molecule has 3 rings (SSSR count). The van der Waals surface area contributed by atoms with E-state index in [0.29, 0.717) is 29.2 Å². The van der Waals surface area contributed by atoms with Gasteiger partial charge in [-0.2, -0.15) is 0 Å². The van der Waals surface area contributed by atoms with Crippen molar-refractivity contribution < 1.29 is 14.3 Å². The summed E-state index contributed by atoms with van der Waals surface area (Å²) in [5.74, 6) is 0.252. The van der Waals surface area contributed by atoms with Crippen molar-refractivity contribution in [3.8, 4) is 5.75 Å². The largest absolute Gasteiger partial charge is 0.494 e. The van der Waals surface area contributed by atoms with Crippen LogP contribution in [-0.4, -0.2) is 29.6 Å². The van der Waals surface area contributed by atoms with E-state index in [4.69, 9.17) is 17.0 Å². The molecule has 0 saturated heterocycles. The van der Waals surface area contributed by atoms with E-state index in [1.54, 1.807) is 48.5 Å². The van der Waals surface area contributed by atoms with Gasteiger partial charge < -0.3 is 15.4 Å². The second-order valence-corrected chi connectivity index (χ2v) is 7.66. The Balaban J connectivity index is 1.52. The molecule has 1 fully saturated rings. The summed E-state index contributed by atoms with van der Waals surface area (Å²) >= 11 is 5.24. The van der Waals surface area contributed by atoms with Crippen LogP contribution in [0.4, 0.5) is 5.69 Å². The molecule has 7 heteroatoms. The summed E-state index contributed by atoms with van der Waals surface area (Å²) in [4.78, 5) is 24.8. The number of amides is 2. The van der Waals surface area contributed by atoms with Gasteiger partial charge in [0.2, 0.25) is 0 Å². The number of hydrogen-bond donors (Lipinski definition) is 3. The quantitative estimate of drug-likeness (QED) is 0.602. The van der Waals surface area contributed by atoms with Gasteiger partial charge in [-0.25, -0.2) is 0 Å². The van der Waals surface area contributed by atoms with Gasteiger partial charge in [0.1, 0.15) is 5.75 Å². The van der Waals surface area contributed by atoms with Gasteiger partial charge in [0.15, 0.2) is 5.11 Å². The van der Waals surface area contributed by atoms with Crippen LogP contribution < -0.4 is 20.7 Å². The molecule has 1 saturated carbocycles. The van der Waals surface area contributed by atoms with Crippen molar-refractivity contribution in [2.75, 3.05) is 11.9 Å². The molecule has 0 unspecified atom stereocenters. The van der Waals surface area contributed by atoms with Gasteiger partial charge in [0.05, 0.1) is 6.61 Å². The first-order valence-corrected chi connectivity index (χ1v) is 10.7. The molecular weight excluding hydrogens is 398 g/mol. The third kappa shape index (κ3) is 6.29. The topological polar surface area (TPSA) is 79.5 Å². The van der Waals surface area contributed by atoms with Crippen molar-refractivity contribution in [3.05, 3.63) is 59.7 Å². The molecule has 30 heavy (non-hydrogen) atoms. The zero-order valence-electron chi connectivity index (χ0n) is 17.1. The number of carbonyl (C=O) groups excluding carboxylic acids is 2. The fourth-order valence-corrected chi connectivity index (χ4v) is 3.66. The smallest absolute Gasteiger partial charge is 0.257 e. The third-order valence-corrected chi connectivity index (χ3v) is 5.18. The highest BCUT2D eigenvalue weighted by Gasteiger charge is 2.16. The first-order chi connectivity index (χ1) is 14.5. The average Bonchev–Trinajstić information content (AvgIpc) is 2.75. The fraction of sp³-hybridized carbons (Fsp3) is 0.348. The summed E-state index contributed by atoms with van der Waals surface area (Å²) < 4.78 is 5.41. The van der Waals surface area contributed by atoms with E-state index in [1.807, 2.05) is 6.92 Å². The number of rotatable bonds is 6. The lowest BCUT2D eigenvalue weighted by Crippen LogP contribution is -2.36. The normalized spacial score (nSPS) is 13.9. The molecule has 2 aromatic carbocycles. The summed E-state index contributed by atoms with van der Waals surface area (Å²) in [5, 5.41) is 8.90. The maximum Gasteiger partial charge on any atom is 0.257 e. The van der Waals surface area contributed by atoms with E-state index in [0.717, 1.165) is 12.8 Å². The van der Waals surface area contributed by atoms with Gasteiger partial charge in [0.25, 0.3) is 11.8 Å². The number of hydrogen-bond acceptors (Lipinski definition) is 4. The lowest BCUT2D eigenvalue weighted by molar-refractivity contribution is 0.0926. The van der Waals surface area contributed by atoms with Crippen molar-refractivity contribution in [3.63, 3.8) is 0 Å². The highest BCUT2D eigenvalue weighted by Crippen LogP contribution is 2.18. The van der Waals surface area contributed by atoms with Crippen LogP contribution in [0.25, 0.3) is 0 Å². The zero-order valence-corrected chi connectivity index (χ0v) is 17.9. The Morgan fingerprint density at radius 1 is 1.00 bits per heavy atom. The van der Waals surface area contributed by atoms with E-state index in [-0.39, 0.29) is 23.0 Å². The molecular formula is C23H27N3O3S. The predicted molar refractivity (Wildman–Crippen MR) is 122 cm³/mol. The Hall–Kier alpha value is -2.93. The second-order valence-electron chi connectivity index (χ2n) is 7.25. The molecule has 0 bridgehead atoms. The molecule has 158 valence electrons. The van der Waals surface area contributed by atoms with Gasteiger partial charge >= 0.3 is 0 Å². The fourth-order valence-electron chi connectivity index (χ4n) is 3.45. The van der Waals surface area contributed by atoms with Gasteiger partial charge in [-0.1, -0.05) is 25.3 Å². The SMILES string of the molecule is CCOc1cccc(C(=O)NC(=S)Nc2ccc(C(=O)NC3CCCCC3)cc2)c1. The van der Waals surface area contributed by atoms with Crippen molar-refractivity contribution in [1.82, 2.24) is 10.6 Å². The van der Waals surface area contributed by atoms with Crippen LogP contribution in [-0.2, 0) is 0 Å². The molecule has 3 N–H and O–H groups in total. The minimum Gasteiger partial charge on any atom is -0.494 e. The summed E-state index contributed by atoms with van der Waals surface area (Å²) in [6.07, 6.45) is 5.70. The molecule has 0 aliphatic heterocycles. The Kier molecular flexibility index (Phi) is 7.79. The van der Waals surface area contributed by atoms with E-state index in [9.17, 15) is 9.59 Å². The summed E-state index contributed by atoms with van der Waals surface area (Å²) in [6.45, 7) is 2.41. The molecule has 6 nitrogen and oxygen atoms in total. The molecule has 0 radical (unpaired) electrons. The van der Waals surface area contributed by atoms with Crippen molar-refractivity contribution >= 4 is 34.8 Å². The molecule has 0 spiro atoms. The zero-order chi connectivity index (χ0) is 21.3. The Bertz CT molecular complexity index is 893. The lowest BCUT2D eigenvalue weighted by atomic mass is 9.95. The van der Waals surface area contributed by atoms with Crippen molar-refractivity contribution in [2.24, 2.45) is 0 Å². The van der Waals surface area contributed by atoms with Gasteiger partial charge in [-0.05, 0) is 74.4 Å². The van der Waals surface area contributed by atoms with Gasteiger partial charge in [0, 0.05) is 22.9 Å². The lowest BCUT2D eigenvalue weighted by Gasteiger charge is -2.22. The predicted octanol–water partition coefficient (Wildman–Crippen LogP) is 4.27. The average molecular weight is 426 g/mol. The Morgan fingerprint density at radius 3 is 2.43 bits per heavy atom. The van der Waals surface area contributed by atoms with Crippen LogP contribution in [0.2, 0.25) is 0 Å². The molecule has 0 aromatic heterocycles. The second kappa shape index (κ2) is 10.7. The van der Waals surface area contributed by atoms with Crippen LogP contribution in [0.15, 0.2) is 48.5 Å². The summed E-state index contributed by atoms with van der Waals surface area (Å²) in [6, 6.07) is 14.2. The molecule has 0 heterocycles. The van der Waals surface area contributed by atoms with E-state index >= 15 is 0 Å². The monoisotopic (exact) mass is 425 g/mol. The van der Waals surface area contributed by atoms with Crippen LogP contribution in [0, 0.1) is 0 Å². The minimum absolute atomic E-state index is 0.0569. The number of benzene rings is 2. The number of anilines is 1. The van der Waals surface area contributed by atoms with Gasteiger partial charge in [-0.15, -0.1) is 0 Å². The molecule has 0 atom stereocenters. The first-order valence-electron chi connectivity index (χ1n) is 10.3. The molecule has 2 amide bonds. The Morgan fingerprint density at radius 2 is 1.73 bits per heavy atom. The molecule has 2 aromatic rings. The van der Waals surface area contributed by atoms with Crippen LogP contribution in [0.3, 0.4) is 0 Å². The minimum atomic E-state index is -0.322. The first kappa shape index (κ1) is 21.8. The summed E-state index contributed by atoms with van der Waals surface area (Å²) in [5.41, 5.74) is 1.76.